The molecule has 0 fully saturated rings. The number of aromatic nitrogens is 2. The van der Waals surface area contributed by atoms with Crippen molar-refractivity contribution in [1.29, 1.82) is 0 Å². The van der Waals surface area contributed by atoms with Gasteiger partial charge in [0.2, 0.25) is 0 Å². The summed E-state index contributed by atoms with van der Waals surface area (Å²) in [4.78, 5) is 16.2. The van der Waals surface area contributed by atoms with Gasteiger partial charge in [0.1, 0.15) is 5.60 Å². The second-order valence-corrected chi connectivity index (χ2v) is 7.47. The van der Waals surface area contributed by atoms with Crippen LogP contribution in [0.1, 0.15) is 51.9 Å². The van der Waals surface area contributed by atoms with Gasteiger partial charge in [0.15, 0.2) is 5.96 Å². The summed E-state index contributed by atoms with van der Waals surface area (Å²) in [6, 6.07) is 2.08. The number of nitrogens with one attached hydrogen (secondary N) is 3. The number of guanidine groups is 1. The maximum atomic E-state index is 11.6. The van der Waals surface area contributed by atoms with E-state index >= 15 is 0 Å². The smallest absolute Gasteiger partial charge is 0.407 e. The van der Waals surface area contributed by atoms with Gasteiger partial charge < -0.3 is 20.7 Å². The molecule has 1 aromatic heterocycles. The Labute approximate surface area is 163 Å². The van der Waals surface area contributed by atoms with Crippen LogP contribution < -0.4 is 16.0 Å². The van der Waals surface area contributed by atoms with Crippen LogP contribution in [0, 0.1) is 13.8 Å². The van der Waals surface area contributed by atoms with Crippen molar-refractivity contribution in [2.45, 2.75) is 66.5 Å². The third-order valence-electron chi connectivity index (χ3n) is 3.56. The van der Waals surface area contributed by atoms with Crippen molar-refractivity contribution in [3.8, 4) is 0 Å². The van der Waals surface area contributed by atoms with Crippen LogP contribution in [0.4, 0.5) is 4.79 Å². The highest BCUT2D eigenvalue weighted by Gasteiger charge is 2.15. The predicted octanol–water partition coefficient (Wildman–Crippen LogP) is 2.36. The molecule has 0 aliphatic rings. The number of amides is 1. The average molecular weight is 381 g/mol. The monoisotopic (exact) mass is 380 g/mol. The van der Waals surface area contributed by atoms with Crippen LogP contribution in [0.2, 0.25) is 0 Å². The van der Waals surface area contributed by atoms with Crippen molar-refractivity contribution in [2.24, 2.45) is 4.99 Å². The Balaban J connectivity index is 2.25. The number of hydrogen-bond donors (Lipinski definition) is 3. The van der Waals surface area contributed by atoms with E-state index in [1.165, 1.54) is 5.69 Å². The first-order valence-electron chi connectivity index (χ1n) is 9.71. The van der Waals surface area contributed by atoms with Gasteiger partial charge in [-0.05, 0) is 60.5 Å². The number of ether oxygens (including phenoxy) is 1. The molecule has 0 atom stereocenters. The summed E-state index contributed by atoms with van der Waals surface area (Å²) in [5.74, 6) is 0.795. The molecule has 1 aromatic rings. The SMILES string of the molecule is CCNC(=NCCCn1nc(C)cc1C)NCCCNC(=O)OC(C)(C)C. The molecule has 3 N–H and O–H groups in total. The molecule has 27 heavy (non-hydrogen) atoms. The van der Waals surface area contributed by atoms with E-state index in [0.717, 1.165) is 50.7 Å². The zero-order valence-electron chi connectivity index (χ0n) is 17.7. The minimum Gasteiger partial charge on any atom is -0.444 e. The van der Waals surface area contributed by atoms with Crippen molar-refractivity contribution in [3.63, 3.8) is 0 Å². The van der Waals surface area contributed by atoms with Crippen molar-refractivity contribution < 1.29 is 9.53 Å². The number of rotatable bonds is 9. The van der Waals surface area contributed by atoms with Gasteiger partial charge in [0.25, 0.3) is 0 Å². The highest BCUT2D eigenvalue weighted by molar-refractivity contribution is 5.79. The second-order valence-electron chi connectivity index (χ2n) is 7.47. The summed E-state index contributed by atoms with van der Waals surface area (Å²) in [5.41, 5.74) is 1.76. The summed E-state index contributed by atoms with van der Waals surface area (Å²) in [7, 11) is 0. The first-order chi connectivity index (χ1) is 12.7. The maximum Gasteiger partial charge on any atom is 0.407 e. The molecule has 0 aromatic carbocycles. The van der Waals surface area contributed by atoms with Gasteiger partial charge in [0, 0.05) is 38.4 Å². The highest BCUT2D eigenvalue weighted by atomic mass is 16.6. The lowest BCUT2D eigenvalue weighted by atomic mass is 10.2. The third-order valence-corrected chi connectivity index (χ3v) is 3.56. The molecular formula is C19H36N6O2. The van der Waals surface area contributed by atoms with E-state index in [4.69, 9.17) is 4.74 Å². The van der Waals surface area contributed by atoms with Gasteiger partial charge in [-0.1, -0.05) is 0 Å². The van der Waals surface area contributed by atoms with Gasteiger partial charge in [-0.15, -0.1) is 0 Å². The molecule has 8 heteroatoms. The maximum absolute atomic E-state index is 11.6. The van der Waals surface area contributed by atoms with E-state index < -0.39 is 5.60 Å². The molecule has 0 radical (unpaired) electrons. The fourth-order valence-electron chi connectivity index (χ4n) is 2.45. The van der Waals surface area contributed by atoms with E-state index in [0.29, 0.717) is 6.54 Å². The molecule has 0 saturated heterocycles. The number of carbonyl (C=O) groups excluding carboxylic acids is 1. The molecule has 1 heterocycles. The minimum atomic E-state index is -0.472. The van der Waals surface area contributed by atoms with E-state index in [2.05, 4.69) is 39.0 Å². The molecule has 8 nitrogen and oxygen atoms in total. The van der Waals surface area contributed by atoms with E-state index in [-0.39, 0.29) is 6.09 Å². The lowest BCUT2D eigenvalue weighted by molar-refractivity contribution is 0.0527. The third kappa shape index (κ3) is 10.5. The second kappa shape index (κ2) is 11.5. The van der Waals surface area contributed by atoms with Crippen molar-refractivity contribution >= 4 is 12.1 Å². The standard InChI is InChI=1S/C19H36N6O2/c1-7-20-17(21-10-8-11-23-18(26)27-19(4,5)6)22-12-9-13-25-16(3)14-15(2)24-25/h14H,7-13H2,1-6H3,(H,23,26)(H2,20,21,22). The Morgan fingerprint density at radius 1 is 1.19 bits per heavy atom. The van der Waals surface area contributed by atoms with Gasteiger partial charge in [-0.3, -0.25) is 9.67 Å². The average Bonchev–Trinajstić information content (AvgIpc) is 2.87. The molecular weight excluding hydrogens is 344 g/mol. The van der Waals surface area contributed by atoms with Crippen LogP contribution in [0.15, 0.2) is 11.1 Å². The minimum absolute atomic E-state index is 0.382. The quantitative estimate of drug-likeness (QED) is 0.347. The summed E-state index contributed by atoms with van der Waals surface area (Å²) < 4.78 is 7.22. The Morgan fingerprint density at radius 3 is 2.48 bits per heavy atom. The fraction of sp³-hybridized carbons (Fsp3) is 0.737. The topological polar surface area (TPSA) is 92.6 Å². The summed E-state index contributed by atoms with van der Waals surface area (Å²) in [5, 5.41) is 13.7. The Hall–Kier alpha value is -2.25. The number of carbonyl (C=O) groups is 1. The van der Waals surface area contributed by atoms with Gasteiger partial charge in [-0.2, -0.15) is 5.10 Å². The Bertz CT molecular complexity index is 604. The van der Waals surface area contributed by atoms with Crippen LogP contribution in [-0.4, -0.2) is 53.6 Å². The van der Waals surface area contributed by atoms with Crippen molar-refractivity contribution in [1.82, 2.24) is 25.7 Å². The van der Waals surface area contributed by atoms with E-state index in [1.807, 2.05) is 39.3 Å². The summed E-state index contributed by atoms with van der Waals surface area (Å²) in [6.45, 7) is 15.3. The van der Waals surface area contributed by atoms with Crippen LogP contribution >= 0.6 is 0 Å². The Morgan fingerprint density at radius 2 is 1.89 bits per heavy atom. The van der Waals surface area contributed by atoms with Crippen LogP contribution in [0.25, 0.3) is 0 Å². The number of hydrogen-bond acceptors (Lipinski definition) is 4. The van der Waals surface area contributed by atoms with E-state index in [1.54, 1.807) is 0 Å². The van der Waals surface area contributed by atoms with Crippen LogP contribution in [-0.2, 0) is 11.3 Å². The van der Waals surface area contributed by atoms with Gasteiger partial charge in [-0.25, -0.2) is 4.79 Å². The Kier molecular flexibility index (Phi) is 9.67. The molecule has 154 valence electrons. The van der Waals surface area contributed by atoms with Crippen molar-refractivity contribution in [3.05, 3.63) is 17.5 Å². The number of aliphatic imine (C=N–C) groups is 1. The summed E-state index contributed by atoms with van der Waals surface area (Å²) in [6.07, 6.45) is 1.33. The molecule has 0 saturated carbocycles. The molecule has 1 amide bonds. The highest BCUT2D eigenvalue weighted by Crippen LogP contribution is 2.06. The molecule has 0 aliphatic heterocycles. The number of nitrogens with zero attached hydrogens (tertiary/aromatic N) is 3. The zero-order chi connectivity index (χ0) is 20.3. The predicted molar refractivity (Wildman–Crippen MR) is 109 cm³/mol. The molecule has 1 rings (SSSR count). The largest absolute Gasteiger partial charge is 0.444 e. The van der Waals surface area contributed by atoms with Crippen LogP contribution in [0.3, 0.4) is 0 Å². The first kappa shape index (κ1) is 22.8. The van der Waals surface area contributed by atoms with Crippen molar-refractivity contribution in [2.75, 3.05) is 26.2 Å². The normalized spacial score (nSPS) is 12.0. The zero-order valence-corrected chi connectivity index (χ0v) is 17.7. The van der Waals surface area contributed by atoms with Gasteiger partial charge in [0.05, 0.1) is 5.69 Å². The molecule has 0 aliphatic carbocycles. The molecule has 0 bridgehead atoms. The van der Waals surface area contributed by atoms with Gasteiger partial charge >= 0.3 is 6.09 Å². The summed E-state index contributed by atoms with van der Waals surface area (Å²) >= 11 is 0. The lowest BCUT2D eigenvalue weighted by Crippen LogP contribution is -2.39. The van der Waals surface area contributed by atoms with E-state index in [9.17, 15) is 4.79 Å². The lowest BCUT2D eigenvalue weighted by Gasteiger charge is -2.19. The number of aryl methyl sites for hydroxylation is 3. The molecule has 0 spiro atoms. The fourth-order valence-corrected chi connectivity index (χ4v) is 2.45. The first-order valence-corrected chi connectivity index (χ1v) is 9.71. The number of alkyl carbamates (subject to hydrolysis) is 1. The molecule has 0 unspecified atom stereocenters. The van der Waals surface area contributed by atoms with Crippen LogP contribution in [0.5, 0.6) is 0 Å².